The molecular formula is C37H71NO3. The van der Waals surface area contributed by atoms with Crippen molar-refractivity contribution in [3.05, 3.63) is 35.1 Å². The van der Waals surface area contributed by atoms with Gasteiger partial charge in [0.05, 0.1) is 12.2 Å². The zero-order valence-electron chi connectivity index (χ0n) is 30.2. The van der Waals surface area contributed by atoms with E-state index in [0.717, 1.165) is 43.6 Å². The zero-order chi connectivity index (χ0) is 32.6. The molecule has 0 aliphatic rings. The van der Waals surface area contributed by atoms with Crippen LogP contribution in [0.4, 0.5) is 0 Å². The lowest BCUT2D eigenvalue weighted by atomic mass is 9.86. The minimum Gasteiger partial charge on any atom is -0.394 e. The van der Waals surface area contributed by atoms with Crippen molar-refractivity contribution in [3.63, 3.8) is 0 Å². The number of ketones is 1. The summed E-state index contributed by atoms with van der Waals surface area (Å²) in [6.07, 6.45) is 15.7. The lowest BCUT2D eigenvalue weighted by molar-refractivity contribution is -0.115. The van der Waals surface area contributed by atoms with E-state index >= 15 is 0 Å². The molecule has 1 unspecified atom stereocenters. The molecule has 0 rings (SSSR count). The van der Waals surface area contributed by atoms with Crippen molar-refractivity contribution in [1.82, 2.24) is 0 Å². The molecule has 0 aliphatic carbocycles. The molecule has 0 heterocycles. The number of Topliss-reactive ketones (excluding diaryl/α,β-unsaturated/α-hetero) is 1. The first-order valence-corrected chi connectivity index (χ1v) is 16.4. The Kier molecular flexibility index (Phi) is 26.8. The van der Waals surface area contributed by atoms with Gasteiger partial charge in [-0.25, -0.2) is 4.99 Å². The number of allylic oxidation sites excluding steroid dienone is 6. The van der Waals surface area contributed by atoms with Crippen molar-refractivity contribution in [2.45, 2.75) is 173 Å². The minimum absolute atomic E-state index is 0.0929. The fourth-order valence-corrected chi connectivity index (χ4v) is 3.45. The fourth-order valence-electron chi connectivity index (χ4n) is 3.45. The van der Waals surface area contributed by atoms with Crippen LogP contribution in [-0.2, 0) is 9.53 Å². The Labute approximate surface area is 257 Å². The highest BCUT2D eigenvalue weighted by molar-refractivity contribution is 6.05. The molecule has 0 aromatic heterocycles. The third kappa shape index (κ3) is 28.4. The summed E-state index contributed by atoms with van der Waals surface area (Å²) in [6.45, 7) is 32.0. The van der Waals surface area contributed by atoms with Crippen LogP contribution < -0.4 is 0 Å². The smallest absolute Gasteiger partial charge is 0.180 e. The number of carbonyl (C=O) groups is 1. The Morgan fingerprint density at radius 1 is 0.902 bits per heavy atom. The molecule has 0 aromatic rings. The van der Waals surface area contributed by atoms with E-state index < -0.39 is 0 Å². The molecular weight excluding hydrogens is 506 g/mol. The molecule has 242 valence electrons. The van der Waals surface area contributed by atoms with Gasteiger partial charge in [-0.15, -0.1) is 0 Å². The Morgan fingerprint density at radius 2 is 1.44 bits per heavy atom. The fraction of sp³-hybridized carbons (Fsp3) is 0.784. The van der Waals surface area contributed by atoms with Gasteiger partial charge in [-0.05, 0) is 98.0 Å². The SMILES string of the molecule is CC(C)O.CCCC.C\C=C(/N=C(C)/C(=C/CC)/C=C(\C)C(C)(C)C)C(=O)CCCCC(CCC)COC(C)(C)C. The van der Waals surface area contributed by atoms with E-state index in [0.29, 0.717) is 18.0 Å². The van der Waals surface area contributed by atoms with E-state index in [1.165, 1.54) is 31.3 Å². The van der Waals surface area contributed by atoms with Crippen LogP contribution in [0.1, 0.15) is 162 Å². The van der Waals surface area contributed by atoms with Crippen molar-refractivity contribution in [3.8, 4) is 0 Å². The molecule has 1 atom stereocenters. The molecule has 0 fully saturated rings. The van der Waals surface area contributed by atoms with Gasteiger partial charge in [-0.1, -0.05) is 98.0 Å². The van der Waals surface area contributed by atoms with E-state index in [4.69, 9.17) is 14.8 Å². The first-order chi connectivity index (χ1) is 18.9. The predicted molar refractivity (Wildman–Crippen MR) is 184 cm³/mol. The van der Waals surface area contributed by atoms with E-state index in [1.54, 1.807) is 13.8 Å². The van der Waals surface area contributed by atoms with Crippen molar-refractivity contribution < 1.29 is 14.6 Å². The number of rotatable bonds is 15. The summed E-state index contributed by atoms with van der Waals surface area (Å²) in [4.78, 5) is 17.6. The van der Waals surface area contributed by atoms with Gasteiger partial charge in [0, 0.05) is 18.2 Å². The van der Waals surface area contributed by atoms with E-state index in [1.807, 2.05) is 19.9 Å². The highest BCUT2D eigenvalue weighted by Crippen LogP contribution is 2.26. The van der Waals surface area contributed by atoms with Crippen LogP contribution in [0.3, 0.4) is 0 Å². The third-order valence-electron chi connectivity index (χ3n) is 6.46. The number of aliphatic hydroxyl groups excluding tert-OH is 1. The molecule has 4 nitrogen and oxygen atoms in total. The Bertz CT molecular complexity index is 781. The van der Waals surface area contributed by atoms with Gasteiger partial charge in [-0.3, -0.25) is 4.79 Å². The van der Waals surface area contributed by atoms with E-state index in [9.17, 15) is 4.79 Å². The highest BCUT2D eigenvalue weighted by atomic mass is 16.5. The first-order valence-electron chi connectivity index (χ1n) is 16.4. The van der Waals surface area contributed by atoms with Crippen LogP contribution >= 0.6 is 0 Å². The second-order valence-corrected chi connectivity index (χ2v) is 13.4. The van der Waals surface area contributed by atoms with E-state index in [2.05, 4.69) is 88.3 Å². The number of aliphatic hydroxyl groups is 1. The Morgan fingerprint density at radius 3 is 1.83 bits per heavy atom. The normalized spacial score (nSPS) is 14.3. The standard InChI is InChI=1S/C30H53NO2.C4H10.C3H8O/c1-12-17-25(22-33-30(9,10)11)19-15-16-20-28(32)27(14-3)31-24(5)26(18-13-2)21-23(4)29(6,7)8;1-3-4-2;1-3(2)4/h14,18,21,25H,12-13,15-17,19-20,22H2,1-11H3;3-4H2,1-2H3;3-4H,1-2H3/b23-21+,26-18+,27-14-,31-24+;;. The van der Waals surface area contributed by atoms with Gasteiger partial charge in [0.1, 0.15) is 5.70 Å². The topological polar surface area (TPSA) is 58.9 Å². The van der Waals surface area contributed by atoms with Gasteiger partial charge in [0.2, 0.25) is 0 Å². The summed E-state index contributed by atoms with van der Waals surface area (Å²) in [5.74, 6) is 0.715. The van der Waals surface area contributed by atoms with Crippen molar-refractivity contribution in [1.29, 1.82) is 0 Å². The molecule has 1 N–H and O–H groups in total. The number of carbonyl (C=O) groups excluding carboxylic acids is 1. The zero-order valence-corrected chi connectivity index (χ0v) is 30.2. The molecule has 41 heavy (non-hydrogen) atoms. The van der Waals surface area contributed by atoms with Crippen LogP contribution in [0, 0.1) is 11.3 Å². The quantitative estimate of drug-likeness (QED) is 0.0911. The largest absolute Gasteiger partial charge is 0.394 e. The van der Waals surface area contributed by atoms with Crippen LogP contribution in [0.2, 0.25) is 0 Å². The second kappa shape index (κ2) is 25.0. The van der Waals surface area contributed by atoms with Crippen LogP contribution in [-0.4, -0.2) is 34.9 Å². The van der Waals surface area contributed by atoms with E-state index in [-0.39, 0.29) is 22.9 Å². The van der Waals surface area contributed by atoms with Crippen LogP contribution in [0.25, 0.3) is 0 Å². The predicted octanol–water partition coefficient (Wildman–Crippen LogP) is 11.2. The molecule has 4 heteroatoms. The number of hydrogen-bond donors (Lipinski definition) is 1. The molecule has 0 spiro atoms. The van der Waals surface area contributed by atoms with Crippen molar-refractivity contribution >= 4 is 11.5 Å². The summed E-state index contributed by atoms with van der Waals surface area (Å²) < 4.78 is 6.01. The average molecular weight is 578 g/mol. The third-order valence-corrected chi connectivity index (χ3v) is 6.46. The Hall–Kier alpha value is -1.52. The molecule has 0 aliphatic heterocycles. The highest BCUT2D eigenvalue weighted by Gasteiger charge is 2.16. The first kappa shape index (κ1) is 43.9. The maximum Gasteiger partial charge on any atom is 0.180 e. The summed E-state index contributed by atoms with van der Waals surface area (Å²) in [7, 11) is 0. The summed E-state index contributed by atoms with van der Waals surface area (Å²) >= 11 is 0. The molecule has 0 aromatic carbocycles. The number of unbranched alkanes of at least 4 members (excludes halogenated alkanes) is 2. The summed E-state index contributed by atoms with van der Waals surface area (Å²) in [6, 6.07) is 0. The van der Waals surface area contributed by atoms with Crippen molar-refractivity contribution in [2.75, 3.05) is 6.61 Å². The number of nitrogens with zero attached hydrogens (tertiary/aromatic N) is 1. The van der Waals surface area contributed by atoms with Gasteiger partial charge >= 0.3 is 0 Å². The molecule has 0 saturated carbocycles. The summed E-state index contributed by atoms with van der Waals surface area (Å²) in [5, 5.41) is 8.06. The van der Waals surface area contributed by atoms with Crippen molar-refractivity contribution in [2.24, 2.45) is 16.3 Å². The van der Waals surface area contributed by atoms with Gasteiger partial charge in [-0.2, -0.15) is 0 Å². The summed E-state index contributed by atoms with van der Waals surface area (Å²) in [5.41, 5.74) is 3.92. The second-order valence-electron chi connectivity index (χ2n) is 13.4. The van der Waals surface area contributed by atoms with Gasteiger partial charge in [0.25, 0.3) is 0 Å². The molecule has 0 saturated heterocycles. The van der Waals surface area contributed by atoms with Crippen LogP contribution in [0.5, 0.6) is 0 Å². The van der Waals surface area contributed by atoms with Gasteiger partial charge < -0.3 is 9.84 Å². The lowest BCUT2D eigenvalue weighted by Crippen LogP contribution is -2.23. The minimum atomic E-state index is -0.167. The number of hydrogen-bond acceptors (Lipinski definition) is 4. The van der Waals surface area contributed by atoms with Gasteiger partial charge in [0.15, 0.2) is 5.78 Å². The monoisotopic (exact) mass is 578 g/mol. The molecule has 0 radical (unpaired) electrons. The Balaban J connectivity index is -0.00000158. The maximum atomic E-state index is 12.9. The molecule has 0 amide bonds. The molecule has 0 bridgehead atoms. The maximum absolute atomic E-state index is 12.9. The number of ether oxygens (including phenoxy) is 1. The number of aliphatic imine (C=N–C) groups is 1. The average Bonchev–Trinajstić information content (AvgIpc) is 2.86. The lowest BCUT2D eigenvalue weighted by Gasteiger charge is -2.24. The van der Waals surface area contributed by atoms with Crippen LogP contribution in [0.15, 0.2) is 40.1 Å².